The standard InChI is InChI=1S/C13H18BrN3O2S/c14-10-3-4-12(15)13(8-10)20(18,19)17-7-6-16-5-1-2-11(16)9-17/h3-4,8,11H,1-2,5-7,9,15H2. The predicted molar refractivity (Wildman–Crippen MR) is 81.9 cm³/mol. The van der Waals surface area contributed by atoms with Crippen LogP contribution in [-0.2, 0) is 10.0 Å². The molecule has 2 aliphatic rings. The van der Waals surface area contributed by atoms with Crippen molar-refractivity contribution < 1.29 is 8.42 Å². The van der Waals surface area contributed by atoms with E-state index in [1.165, 1.54) is 0 Å². The third-order valence-corrected chi connectivity index (χ3v) is 6.56. The second kappa shape index (κ2) is 5.29. The van der Waals surface area contributed by atoms with Gasteiger partial charge in [-0.2, -0.15) is 4.31 Å². The van der Waals surface area contributed by atoms with Crippen LogP contribution in [0.15, 0.2) is 27.6 Å². The normalized spacial score (nSPS) is 24.8. The van der Waals surface area contributed by atoms with E-state index in [2.05, 4.69) is 20.8 Å². The van der Waals surface area contributed by atoms with Gasteiger partial charge in [0.05, 0.1) is 5.69 Å². The number of rotatable bonds is 2. The van der Waals surface area contributed by atoms with Crippen LogP contribution in [0.4, 0.5) is 5.69 Å². The van der Waals surface area contributed by atoms with E-state index in [0.29, 0.717) is 24.8 Å². The molecule has 1 unspecified atom stereocenters. The van der Waals surface area contributed by atoms with Gasteiger partial charge in [-0.3, -0.25) is 4.90 Å². The highest BCUT2D eigenvalue weighted by molar-refractivity contribution is 9.10. The van der Waals surface area contributed by atoms with Gasteiger partial charge in [0.1, 0.15) is 4.90 Å². The maximum absolute atomic E-state index is 12.8. The predicted octanol–water partition coefficient (Wildman–Crippen LogP) is 1.50. The number of halogens is 1. The molecule has 1 aromatic rings. The van der Waals surface area contributed by atoms with E-state index in [4.69, 9.17) is 5.73 Å². The zero-order valence-corrected chi connectivity index (χ0v) is 13.5. The fourth-order valence-electron chi connectivity index (χ4n) is 3.05. The minimum Gasteiger partial charge on any atom is -0.398 e. The molecule has 110 valence electrons. The van der Waals surface area contributed by atoms with Gasteiger partial charge in [-0.25, -0.2) is 8.42 Å². The van der Waals surface area contributed by atoms with Crippen molar-refractivity contribution in [2.45, 2.75) is 23.8 Å². The Bertz CT molecular complexity index is 620. The number of nitrogens with two attached hydrogens (primary N) is 1. The average molecular weight is 360 g/mol. The molecule has 1 aromatic carbocycles. The van der Waals surface area contributed by atoms with Crippen molar-refractivity contribution >= 4 is 31.6 Å². The van der Waals surface area contributed by atoms with Crippen molar-refractivity contribution in [1.82, 2.24) is 9.21 Å². The Morgan fingerprint density at radius 2 is 2.05 bits per heavy atom. The molecule has 5 nitrogen and oxygen atoms in total. The number of nitrogen functional groups attached to an aromatic ring is 1. The van der Waals surface area contributed by atoms with E-state index >= 15 is 0 Å². The fraction of sp³-hybridized carbons (Fsp3) is 0.538. The Morgan fingerprint density at radius 1 is 1.25 bits per heavy atom. The largest absolute Gasteiger partial charge is 0.398 e. The molecular weight excluding hydrogens is 342 g/mol. The van der Waals surface area contributed by atoms with E-state index in [0.717, 1.165) is 30.4 Å². The monoisotopic (exact) mass is 359 g/mol. The molecular formula is C13H18BrN3O2S. The van der Waals surface area contributed by atoms with Crippen LogP contribution in [0, 0.1) is 0 Å². The molecule has 2 heterocycles. The van der Waals surface area contributed by atoms with Crippen LogP contribution in [0.5, 0.6) is 0 Å². The highest BCUT2D eigenvalue weighted by Crippen LogP contribution is 2.29. The molecule has 2 N–H and O–H groups in total. The molecule has 0 saturated carbocycles. The number of hydrogen-bond donors (Lipinski definition) is 1. The summed E-state index contributed by atoms with van der Waals surface area (Å²) >= 11 is 3.31. The number of anilines is 1. The van der Waals surface area contributed by atoms with Crippen molar-refractivity contribution in [3.8, 4) is 0 Å². The van der Waals surface area contributed by atoms with E-state index in [1.54, 1.807) is 22.5 Å². The van der Waals surface area contributed by atoms with Gasteiger partial charge in [-0.15, -0.1) is 0 Å². The van der Waals surface area contributed by atoms with Crippen LogP contribution < -0.4 is 5.73 Å². The summed E-state index contributed by atoms with van der Waals surface area (Å²) < 4.78 is 27.8. The van der Waals surface area contributed by atoms with Gasteiger partial charge in [0.25, 0.3) is 0 Å². The summed E-state index contributed by atoms with van der Waals surface area (Å²) in [5.41, 5.74) is 6.16. The first kappa shape index (κ1) is 14.3. The molecule has 0 spiro atoms. The summed E-state index contributed by atoms with van der Waals surface area (Å²) in [4.78, 5) is 2.59. The van der Waals surface area contributed by atoms with Gasteiger partial charge in [-0.05, 0) is 37.6 Å². The highest BCUT2D eigenvalue weighted by Gasteiger charge is 2.36. The van der Waals surface area contributed by atoms with Crippen molar-refractivity contribution in [3.05, 3.63) is 22.7 Å². The molecule has 1 atom stereocenters. The Labute approximate surface area is 127 Å². The summed E-state index contributed by atoms with van der Waals surface area (Å²) in [6, 6.07) is 5.34. The van der Waals surface area contributed by atoms with E-state index in [-0.39, 0.29) is 4.90 Å². The zero-order valence-electron chi connectivity index (χ0n) is 11.1. The minimum atomic E-state index is -3.50. The van der Waals surface area contributed by atoms with Crippen molar-refractivity contribution in [1.29, 1.82) is 0 Å². The molecule has 0 radical (unpaired) electrons. The smallest absolute Gasteiger partial charge is 0.245 e. The zero-order chi connectivity index (χ0) is 14.3. The maximum Gasteiger partial charge on any atom is 0.245 e. The number of piperazine rings is 1. The van der Waals surface area contributed by atoms with Crippen molar-refractivity contribution in [3.63, 3.8) is 0 Å². The van der Waals surface area contributed by atoms with Gasteiger partial charge >= 0.3 is 0 Å². The molecule has 0 aromatic heterocycles. The van der Waals surface area contributed by atoms with Gasteiger partial charge in [0.15, 0.2) is 0 Å². The second-order valence-corrected chi connectivity index (χ2v) is 8.20. The topological polar surface area (TPSA) is 66.6 Å². The molecule has 2 aliphatic heterocycles. The lowest BCUT2D eigenvalue weighted by Gasteiger charge is -2.36. The summed E-state index contributed by atoms with van der Waals surface area (Å²) in [7, 11) is -3.50. The van der Waals surface area contributed by atoms with Crippen molar-refractivity contribution in [2.75, 3.05) is 31.9 Å². The lowest BCUT2D eigenvalue weighted by Crippen LogP contribution is -2.51. The van der Waals surface area contributed by atoms with Gasteiger partial charge in [0, 0.05) is 30.1 Å². The van der Waals surface area contributed by atoms with Gasteiger partial charge in [0.2, 0.25) is 10.0 Å². The minimum absolute atomic E-state index is 0.207. The molecule has 0 amide bonds. The van der Waals surface area contributed by atoms with Crippen LogP contribution in [0.1, 0.15) is 12.8 Å². The summed E-state index contributed by atoms with van der Waals surface area (Å²) in [5.74, 6) is 0. The first-order chi connectivity index (χ1) is 9.48. The molecule has 3 rings (SSSR count). The SMILES string of the molecule is Nc1ccc(Br)cc1S(=O)(=O)N1CCN2CCCC2C1. The molecule has 2 fully saturated rings. The molecule has 2 saturated heterocycles. The fourth-order valence-corrected chi connectivity index (χ4v) is 5.17. The van der Waals surface area contributed by atoms with E-state index in [1.807, 2.05) is 0 Å². The molecule has 20 heavy (non-hydrogen) atoms. The molecule has 7 heteroatoms. The highest BCUT2D eigenvalue weighted by atomic mass is 79.9. The quantitative estimate of drug-likeness (QED) is 0.812. The van der Waals surface area contributed by atoms with Crippen LogP contribution in [0.3, 0.4) is 0 Å². The first-order valence-corrected chi connectivity index (χ1v) is 9.01. The summed E-state index contributed by atoms with van der Waals surface area (Å²) in [6.45, 7) is 3.04. The lowest BCUT2D eigenvalue weighted by atomic mass is 10.2. The number of nitrogens with zero attached hydrogens (tertiary/aromatic N) is 2. The Hall–Kier alpha value is -0.630. The Kier molecular flexibility index (Phi) is 3.79. The number of benzene rings is 1. The summed E-state index contributed by atoms with van der Waals surface area (Å²) in [5, 5.41) is 0. The number of sulfonamides is 1. The van der Waals surface area contributed by atoms with Crippen LogP contribution in [-0.4, -0.2) is 49.8 Å². The van der Waals surface area contributed by atoms with Crippen LogP contribution >= 0.6 is 15.9 Å². The lowest BCUT2D eigenvalue weighted by molar-refractivity contribution is 0.158. The van der Waals surface area contributed by atoms with E-state index in [9.17, 15) is 8.42 Å². The summed E-state index contributed by atoms with van der Waals surface area (Å²) in [6.07, 6.45) is 2.25. The molecule has 0 bridgehead atoms. The number of hydrogen-bond acceptors (Lipinski definition) is 4. The molecule has 0 aliphatic carbocycles. The van der Waals surface area contributed by atoms with Gasteiger partial charge in [-0.1, -0.05) is 15.9 Å². The van der Waals surface area contributed by atoms with Crippen LogP contribution in [0.2, 0.25) is 0 Å². The van der Waals surface area contributed by atoms with Gasteiger partial charge < -0.3 is 5.73 Å². The maximum atomic E-state index is 12.8. The third-order valence-electron chi connectivity index (χ3n) is 4.14. The average Bonchev–Trinajstić information content (AvgIpc) is 2.88. The third kappa shape index (κ3) is 2.47. The number of fused-ring (bicyclic) bond motifs is 1. The Morgan fingerprint density at radius 3 is 2.85 bits per heavy atom. The van der Waals surface area contributed by atoms with E-state index < -0.39 is 10.0 Å². The Balaban J connectivity index is 1.90. The first-order valence-electron chi connectivity index (χ1n) is 6.78. The second-order valence-electron chi connectivity index (χ2n) is 5.38. The van der Waals surface area contributed by atoms with Crippen LogP contribution in [0.25, 0.3) is 0 Å². The van der Waals surface area contributed by atoms with Crippen molar-refractivity contribution in [2.24, 2.45) is 0 Å².